The number of benzene rings is 1. The van der Waals surface area contributed by atoms with Crippen LogP contribution < -0.4 is 9.47 Å². The van der Waals surface area contributed by atoms with Crippen molar-refractivity contribution in [2.75, 3.05) is 7.11 Å². The van der Waals surface area contributed by atoms with Crippen LogP contribution in [0.4, 0.5) is 0 Å². The predicted molar refractivity (Wildman–Crippen MR) is 120 cm³/mol. The van der Waals surface area contributed by atoms with E-state index in [4.69, 9.17) is 14.2 Å². The van der Waals surface area contributed by atoms with E-state index in [-0.39, 0.29) is 41.6 Å². The van der Waals surface area contributed by atoms with E-state index in [1.807, 2.05) is 37.3 Å². The minimum Gasteiger partial charge on any atom is -0.493 e. The molecule has 0 unspecified atom stereocenters. The second-order valence-corrected chi connectivity index (χ2v) is 8.14. The molecule has 0 saturated carbocycles. The molecule has 172 valence electrons. The number of rotatable bonds is 10. The highest BCUT2D eigenvalue weighted by Crippen LogP contribution is 2.32. The van der Waals surface area contributed by atoms with Crippen LogP contribution in [0.2, 0.25) is 0 Å². The van der Waals surface area contributed by atoms with Gasteiger partial charge in [-0.3, -0.25) is 14.4 Å². The largest absolute Gasteiger partial charge is 0.493 e. The van der Waals surface area contributed by atoms with Crippen molar-refractivity contribution >= 4 is 17.7 Å². The molecule has 1 heterocycles. The van der Waals surface area contributed by atoms with E-state index in [2.05, 4.69) is 18.8 Å². The molecule has 0 bridgehead atoms. The highest BCUT2D eigenvalue weighted by molar-refractivity contribution is 5.99. The van der Waals surface area contributed by atoms with Gasteiger partial charge < -0.3 is 14.2 Å². The fourth-order valence-electron chi connectivity index (χ4n) is 3.74. The Labute approximate surface area is 189 Å². The number of aromatic nitrogens is 1. The lowest BCUT2D eigenvalue weighted by molar-refractivity contribution is -0.154. The molecule has 7 heteroatoms. The van der Waals surface area contributed by atoms with E-state index >= 15 is 0 Å². The Morgan fingerprint density at radius 1 is 1.00 bits per heavy atom. The van der Waals surface area contributed by atoms with Crippen LogP contribution in [-0.2, 0) is 14.3 Å². The third-order valence-electron chi connectivity index (χ3n) is 5.20. The summed E-state index contributed by atoms with van der Waals surface area (Å²) in [5.41, 5.74) is 1.04. The summed E-state index contributed by atoms with van der Waals surface area (Å²) in [4.78, 5) is 41.1. The normalized spacial score (nSPS) is 13.7. The Hall–Kier alpha value is -3.22. The van der Waals surface area contributed by atoms with Crippen molar-refractivity contribution in [1.29, 1.82) is 0 Å². The van der Waals surface area contributed by atoms with Gasteiger partial charge in [-0.2, -0.15) is 0 Å². The number of ether oxygens (including phenoxy) is 3. The standard InChI is InChI=1S/C25H31NO6/c1-15(2)22(19-10-8-7-9-11-19)17(4)31-25(29)16(3)14-20(28)23-24(32-18(5)27)21(30-6)12-13-26-23/h7-13,15-17,22H,14H2,1-6H3/t16-,17+,22-/m1/s1. The summed E-state index contributed by atoms with van der Waals surface area (Å²) in [6.45, 7) is 8.89. The van der Waals surface area contributed by atoms with E-state index in [0.29, 0.717) is 0 Å². The van der Waals surface area contributed by atoms with Gasteiger partial charge >= 0.3 is 11.9 Å². The minimum atomic E-state index is -0.702. The molecule has 0 saturated heterocycles. The van der Waals surface area contributed by atoms with Gasteiger partial charge in [0.25, 0.3) is 0 Å². The first-order valence-corrected chi connectivity index (χ1v) is 10.7. The minimum absolute atomic E-state index is 0.0265. The Morgan fingerprint density at radius 2 is 1.66 bits per heavy atom. The molecule has 0 amide bonds. The lowest BCUT2D eigenvalue weighted by Gasteiger charge is -2.28. The summed E-state index contributed by atoms with van der Waals surface area (Å²) in [7, 11) is 1.40. The number of esters is 2. The Kier molecular flexibility index (Phi) is 8.93. The summed E-state index contributed by atoms with van der Waals surface area (Å²) < 4.78 is 16.1. The molecule has 0 radical (unpaired) electrons. The molecule has 0 aliphatic rings. The van der Waals surface area contributed by atoms with Gasteiger partial charge in [0.15, 0.2) is 17.2 Å². The van der Waals surface area contributed by atoms with Crippen LogP contribution in [0, 0.1) is 11.8 Å². The molecule has 7 nitrogen and oxygen atoms in total. The number of hydrogen-bond acceptors (Lipinski definition) is 7. The van der Waals surface area contributed by atoms with Crippen LogP contribution >= 0.6 is 0 Å². The number of pyridine rings is 1. The highest BCUT2D eigenvalue weighted by Gasteiger charge is 2.29. The Balaban J connectivity index is 2.12. The molecule has 32 heavy (non-hydrogen) atoms. The summed E-state index contributed by atoms with van der Waals surface area (Å²) in [6, 6.07) is 11.4. The predicted octanol–water partition coefficient (Wildman–Crippen LogP) is 4.60. The van der Waals surface area contributed by atoms with Crippen LogP contribution in [0.3, 0.4) is 0 Å². The first-order chi connectivity index (χ1) is 15.1. The molecular weight excluding hydrogens is 410 g/mol. The van der Waals surface area contributed by atoms with Gasteiger partial charge in [-0.1, -0.05) is 51.1 Å². The SMILES string of the molecule is COc1ccnc(C(=O)C[C@@H](C)C(=O)O[C@@H](C)[C@H](c2ccccc2)C(C)C)c1OC(C)=O. The van der Waals surface area contributed by atoms with E-state index < -0.39 is 23.6 Å². The zero-order valence-electron chi connectivity index (χ0n) is 19.5. The highest BCUT2D eigenvalue weighted by atomic mass is 16.6. The van der Waals surface area contributed by atoms with Crippen molar-refractivity contribution in [3.05, 3.63) is 53.9 Å². The maximum Gasteiger partial charge on any atom is 0.309 e. The molecule has 0 N–H and O–H groups in total. The van der Waals surface area contributed by atoms with Crippen molar-refractivity contribution in [1.82, 2.24) is 4.98 Å². The Morgan fingerprint density at radius 3 is 2.22 bits per heavy atom. The number of carbonyl (C=O) groups is 3. The van der Waals surface area contributed by atoms with Crippen molar-refractivity contribution in [3.8, 4) is 11.5 Å². The topological polar surface area (TPSA) is 91.8 Å². The Bertz CT molecular complexity index is 941. The number of ketones is 1. The number of hydrogen-bond donors (Lipinski definition) is 0. The molecule has 2 aromatic rings. The van der Waals surface area contributed by atoms with Gasteiger partial charge in [-0.05, 0) is 18.4 Å². The third kappa shape index (κ3) is 6.39. The second kappa shape index (κ2) is 11.4. The monoisotopic (exact) mass is 441 g/mol. The third-order valence-corrected chi connectivity index (χ3v) is 5.20. The number of methoxy groups -OCH3 is 1. The fraction of sp³-hybridized carbons (Fsp3) is 0.440. The van der Waals surface area contributed by atoms with Crippen molar-refractivity contribution in [3.63, 3.8) is 0 Å². The van der Waals surface area contributed by atoms with Gasteiger partial charge in [0.2, 0.25) is 5.75 Å². The molecule has 2 rings (SSSR count). The van der Waals surface area contributed by atoms with Gasteiger partial charge in [0.1, 0.15) is 6.10 Å². The summed E-state index contributed by atoms with van der Waals surface area (Å²) in [5, 5.41) is 0. The molecule has 1 aromatic heterocycles. The summed E-state index contributed by atoms with van der Waals surface area (Å²) >= 11 is 0. The van der Waals surface area contributed by atoms with Crippen LogP contribution in [0.5, 0.6) is 11.5 Å². The van der Waals surface area contributed by atoms with Gasteiger partial charge in [0, 0.05) is 31.5 Å². The summed E-state index contributed by atoms with van der Waals surface area (Å²) in [6.07, 6.45) is 0.878. The maximum atomic E-state index is 12.9. The molecule has 0 fully saturated rings. The fourth-order valence-corrected chi connectivity index (χ4v) is 3.74. The van der Waals surface area contributed by atoms with E-state index in [9.17, 15) is 14.4 Å². The summed E-state index contributed by atoms with van der Waals surface area (Å²) in [5.74, 6) is -1.78. The quantitative estimate of drug-likeness (QED) is 0.393. The van der Waals surface area contributed by atoms with E-state index in [1.165, 1.54) is 26.3 Å². The van der Waals surface area contributed by atoms with Crippen LogP contribution in [0.15, 0.2) is 42.6 Å². The van der Waals surface area contributed by atoms with Crippen molar-refractivity contribution in [2.24, 2.45) is 11.8 Å². The first kappa shape index (κ1) is 25.0. The molecule has 3 atom stereocenters. The number of nitrogens with zero attached hydrogens (tertiary/aromatic N) is 1. The van der Waals surface area contributed by atoms with E-state index in [1.54, 1.807) is 6.92 Å². The zero-order valence-corrected chi connectivity index (χ0v) is 19.5. The van der Waals surface area contributed by atoms with Crippen LogP contribution in [0.25, 0.3) is 0 Å². The lowest BCUT2D eigenvalue weighted by atomic mass is 9.84. The molecule has 1 aromatic carbocycles. The first-order valence-electron chi connectivity index (χ1n) is 10.7. The average Bonchev–Trinajstić information content (AvgIpc) is 2.73. The van der Waals surface area contributed by atoms with Crippen molar-refractivity contribution in [2.45, 2.75) is 53.1 Å². The molecule has 0 aliphatic heterocycles. The number of carbonyl (C=O) groups excluding carboxylic acids is 3. The van der Waals surface area contributed by atoms with Crippen molar-refractivity contribution < 1.29 is 28.6 Å². The number of Topliss-reactive ketones (excluding diaryl/α,β-unsaturated/α-hetero) is 1. The van der Waals surface area contributed by atoms with Gasteiger partial charge in [-0.25, -0.2) is 4.98 Å². The van der Waals surface area contributed by atoms with Crippen LogP contribution in [0.1, 0.15) is 63.0 Å². The second-order valence-electron chi connectivity index (χ2n) is 8.14. The van der Waals surface area contributed by atoms with Crippen LogP contribution in [-0.4, -0.2) is 35.9 Å². The lowest BCUT2D eigenvalue weighted by Crippen LogP contribution is -2.29. The zero-order chi connectivity index (χ0) is 23.8. The van der Waals surface area contributed by atoms with Gasteiger partial charge in [-0.15, -0.1) is 0 Å². The molecule has 0 aliphatic carbocycles. The molecule has 0 spiro atoms. The maximum absolute atomic E-state index is 12.9. The van der Waals surface area contributed by atoms with E-state index in [0.717, 1.165) is 5.56 Å². The smallest absolute Gasteiger partial charge is 0.309 e. The molecular formula is C25H31NO6. The average molecular weight is 442 g/mol. The van der Waals surface area contributed by atoms with Gasteiger partial charge in [0.05, 0.1) is 13.0 Å².